The first-order chi connectivity index (χ1) is 8.57. The fourth-order valence-corrected chi connectivity index (χ4v) is 2.88. The lowest BCUT2D eigenvalue weighted by Crippen LogP contribution is -2.36. The minimum atomic E-state index is -0.779. The molecule has 0 bridgehead atoms. The molecule has 2 aromatic rings. The Hall–Kier alpha value is -1.81. The fourth-order valence-electron chi connectivity index (χ4n) is 2.88. The van der Waals surface area contributed by atoms with Crippen molar-refractivity contribution in [2.24, 2.45) is 0 Å². The van der Waals surface area contributed by atoms with Crippen LogP contribution in [0.1, 0.15) is 36.1 Å². The molecular formula is C14H16N2O2. The smallest absolute Gasteiger partial charge is 0.267 e. The molecular weight excluding hydrogens is 228 g/mol. The van der Waals surface area contributed by atoms with E-state index >= 15 is 0 Å². The second-order valence-electron chi connectivity index (χ2n) is 5.31. The van der Waals surface area contributed by atoms with Gasteiger partial charge in [0.15, 0.2) is 0 Å². The zero-order valence-corrected chi connectivity index (χ0v) is 10.2. The van der Waals surface area contributed by atoms with Crippen molar-refractivity contribution in [1.29, 1.82) is 0 Å². The molecule has 0 radical (unpaired) electrons. The van der Waals surface area contributed by atoms with Crippen LogP contribution in [-0.2, 0) is 6.42 Å². The molecule has 1 aromatic heterocycles. The summed E-state index contributed by atoms with van der Waals surface area (Å²) in [5.74, 6) is -0.0417. The van der Waals surface area contributed by atoms with Gasteiger partial charge >= 0.3 is 0 Å². The van der Waals surface area contributed by atoms with Crippen molar-refractivity contribution in [1.82, 2.24) is 10.2 Å². The van der Waals surface area contributed by atoms with Crippen molar-refractivity contribution in [2.45, 2.75) is 31.3 Å². The number of aliphatic hydroxyl groups is 1. The highest BCUT2D eigenvalue weighted by Gasteiger charge is 2.37. The van der Waals surface area contributed by atoms with E-state index in [9.17, 15) is 9.90 Å². The highest BCUT2D eigenvalue weighted by atomic mass is 16.3. The van der Waals surface area contributed by atoms with Crippen LogP contribution in [0.3, 0.4) is 0 Å². The third-order valence-corrected chi connectivity index (χ3v) is 3.65. The SMILES string of the molecule is CC1(O)Cc2[nH][nH]c(=O)c2C(c2ccccc2)C1. The summed E-state index contributed by atoms with van der Waals surface area (Å²) in [7, 11) is 0. The summed E-state index contributed by atoms with van der Waals surface area (Å²) in [6.45, 7) is 1.82. The lowest BCUT2D eigenvalue weighted by molar-refractivity contribution is 0.0395. The standard InChI is InChI=1S/C14H16N2O2/c1-14(18)7-10(9-5-3-2-4-6-9)12-11(8-14)15-16-13(12)17/h2-6,10,18H,7-8H2,1H3,(H2,15,16,17). The summed E-state index contributed by atoms with van der Waals surface area (Å²) in [4.78, 5) is 11.9. The van der Waals surface area contributed by atoms with Gasteiger partial charge in [-0.05, 0) is 18.9 Å². The largest absolute Gasteiger partial charge is 0.390 e. The summed E-state index contributed by atoms with van der Waals surface area (Å²) in [6.07, 6.45) is 1.06. The van der Waals surface area contributed by atoms with Crippen molar-refractivity contribution < 1.29 is 5.11 Å². The molecule has 1 aliphatic rings. The zero-order valence-electron chi connectivity index (χ0n) is 10.2. The number of aromatic amines is 2. The van der Waals surface area contributed by atoms with E-state index in [4.69, 9.17) is 0 Å². The number of aromatic nitrogens is 2. The molecule has 1 aliphatic carbocycles. The molecule has 2 unspecified atom stereocenters. The maximum atomic E-state index is 11.9. The number of rotatable bonds is 1. The first kappa shape index (κ1) is 11.3. The highest BCUT2D eigenvalue weighted by Crippen LogP contribution is 2.38. The molecule has 18 heavy (non-hydrogen) atoms. The van der Waals surface area contributed by atoms with Crippen LogP contribution < -0.4 is 5.56 Å². The van der Waals surface area contributed by atoms with Gasteiger partial charge in [-0.15, -0.1) is 0 Å². The molecule has 94 valence electrons. The van der Waals surface area contributed by atoms with Crippen molar-refractivity contribution in [3.05, 3.63) is 57.5 Å². The number of nitrogens with one attached hydrogen (secondary N) is 2. The topological polar surface area (TPSA) is 68.9 Å². The van der Waals surface area contributed by atoms with E-state index in [1.165, 1.54) is 0 Å². The number of fused-ring (bicyclic) bond motifs is 1. The molecule has 3 rings (SSSR count). The normalized spacial score (nSPS) is 26.9. The minimum Gasteiger partial charge on any atom is -0.390 e. The highest BCUT2D eigenvalue weighted by molar-refractivity contribution is 5.37. The molecule has 4 heteroatoms. The van der Waals surface area contributed by atoms with Crippen LogP contribution in [0.25, 0.3) is 0 Å². The van der Waals surface area contributed by atoms with Crippen molar-refractivity contribution in [2.75, 3.05) is 0 Å². The van der Waals surface area contributed by atoms with Crippen molar-refractivity contribution in [3.8, 4) is 0 Å². The average Bonchev–Trinajstić information content (AvgIpc) is 2.69. The summed E-state index contributed by atoms with van der Waals surface area (Å²) >= 11 is 0. The number of benzene rings is 1. The van der Waals surface area contributed by atoms with Gasteiger partial charge in [-0.1, -0.05) is 30.3 Å². The van der Waals surface area contributed by atoms with Crippen molar-refractivity contribution >= 4 is 0 Å². The number of H-pyrrole nitrogens is 2. The maximum absolute atomic E-state index is 11.9. The van der Waals surface area contributed by atoms with Gasteiger partial charge in [-0.2, -0.15) is 0 Å². The third-order valence-electron chi connectivity index (χ3n) is 3.65. The second kappa shape index (κ2) is 3.85. The predicted octanol–water partition coefficient (Wildman–Crippen LogP) is 1.53. The van der Waals surface area contributed by atoms with E-state index in [0.717, 1.165) is 16.8 Å². The average molecular weight is 244 g/mol. The second-order valence-corrected chi connectivity index (χ2v) is 5.31. The van der Waals surface area contributed by atoms with Crippen LogP contribution in [0.2, 0.25) is 0 Å². The Balaban J connectivity index is 2.15. The van der Waals surface area contributed by atoms with Crippen LogP contribution in [-0.4, -0.2) is 20.9 Å². The Bertz CT molecular complexity index is 610. The summed E-state index contributed by atoms with van der Waals surface area (Å²) < 4.78 is 0. The summed E-state index contributed by atoms with van der Waals surface area (Å²) in [5.41, 5.74) is 1.81. The maximum Gasteiger partial charge on any atom is 0.267 e. The van der Waals surface area contributed by atoms with E-state index < -0.39 is 5.60 Å². The van der Waals surface area contributed by atoms with Gasteiger partial charge in [0.05, 0.1) is 5.60 Å². The number of hydrogen-bond acceptors (Lipinski definition) is 2. The van der Waals surface area contributed by atoms with Crippen molar-refractivity contribution in [3.63, 3.8) is 0 Å². The van der Waals surface area contributed by atoms with Gasteiger partial charge in [-0.3, -0.25) is 9.89 Å². The first-order valence-electron chi connectivity index (χ1n) is 6.13. The van der Waals surface area contributed by atoms with E-state index in [1.807, 2.05) is 37.3 Å². The van der Waals surface area contributed by atoms with E-state index in [0.29, 0.717) is 12.8 Å². The number of hydrogen-bond donors (Lipinski definition) is 3. The van der Waals surface area contributed by atoms with Gasteiger partial charge in [0, 0.05) is 23.6 Å². The van der Waals surface area contributed by atoms with E-state index in [-0.39, 0.29) is 11.5 Å². The molecule has 0 amide bonds. The van der Waals surface area contributed by atoms with E-state index in [2.05, 4.69) is 10.2 Å². The molecule has 1 aromatic carbocycles. The summed E-state index contributed by atoms with van der Waals surface area (Å²) in [6, 6.07) is 9.87. The molecule has 3 N–H and O–H groups in total. The van der Waals surface area contributed by atoms with Gasteiger partial charge in [-0.25, -0.2) is 0 Å². The Morgan fingerprint density at radius 2 is 2.00 bits per heavy atom. The van der Waals surface area contributed by atoms with Crippen LogP contribution >= 0.6 is 0 Å². The Kier molecular flexibility index (Phi) is 2.41. The molecule has 1 heterocycles. The lowest BCUT2D eigenvalue weighted by Gasteiger charge is -2.33. The van der Waals surface area contributed by atoms with Crippen LogP contribution in [0.5, 0.6) is 0 Å². The van der Waals surface area contributed by atoms with E-state index in [1.54, 1.807) is 0 Å². The predicted molar refractivity (Wildman–Crippen MR) is 68.6 cm³/mol. The lowest BCUT2D eigenvalue weighted by atomic mass is 9.75. The fraction of sp³-hybridized carbons (Fsp3) is 0.357. The molecule has 0 saturated heterocycles. The Morgan fingerprint density at radius 3 is 2.72 bits per heavy atom. The quantitative estimate of drug-likeness (QED) is 0.712. The molecule has 0 spiro atoms. The van der Waals surface area contributed by atoms with Gasteiger partial charge < -0.3 is 10.2 Å². The van der Waals surface area contributed by atoms with Gasteiger partial charge in [0.1, 0.15) is 0 Å². The van der Waals surface area contributed by atoms with Crippen LogP contribution in [0.15, 0.2) is 35.1 Å². The van der Waals surface area contributed by atoms with Crippen LogP contribution in [0.4, 0.5) is 0 Å². The van der Waals surface area contributed by atoms with Gasteiger partial charge in [0.25, 0.3) is 5.56 Å². The monoisotopic (exact) mass is 244 g/mol. The first-order valence-corrected chi connectivity index (χ1v) is 6.13. The molecule has 0 saturated carbocycles. The van der Waals surface area contributed by atoms with Crippen LogP contribution in [0, 0.1) is 0 Å². The molecule has 4 nitrogen and oxygen atoms in total. The Morgan fingerprint density at radius 1 is 1.28 bits per heavy atom. The zero-order chi connectivity index (χ0) is 12.8. The Labute approximate surface area is 105 Å². The summed E-state index contributed by atoms with van der Waals surface area (Å²) in [5, 5.41) is 15.8. The molecule has 0 fully saturated rings. The molecule has 2 atom stereocenters. The minimum absolute atomic E-state index is 0.0417. The third kappa shape index (κ3) is 1.78. The van der Waals surface area contributed by atoms with Gasteiger partial charge in [0.2, 0.25) is 0 Å². The molecule has 0 aliphatic heterocycles.